The Labute approximate surface area is 140 Å². The molecule has 0 N–H and O–H groups in total. The predicted molar refractivity (Wildman–Crippen MR) is 83.8 cm³/mol. The molecule has 6 nitrogen and oxygen atoms in total. The van der Waals surface area contributed by atoms with E-state index in [-0.39, 0.29) is 39.0 Å². The number of hydrogen-bond acceptors (Lipinski definition) is 4. The van der Waals surface area contributed by atoms with Crippen LogP contribution in [0.1, 0.15) is 26.3 Å². The maximum atomic E-state index is 12.3. The zero-order valence-corrected chi connectivity index (χ0v) is 13.0. The number of rotatable bonds is 3. The molecule has 0 atom stereocenters. The Bertz CT molecular complexity index is 832. The van der Waals surface area contributed by atoms with E-state index in [1.165, 1.54) is 24.3 Å². The molecule has 0 saturated heterocycles. The average molecular weight is 351 g/mol. The highest BCUT2D eigenvalue weighted by Crippen LogP contribution is 2.34. The van der Waals surface area contributed by atoms with Crippen LogP contribution >= 0.6 is 23.2 Å². The van der Waals surface area contributed by atoms with Crippen molar-refractivity contribution < 1.29 is 14.5 Å². The van der Waals surface area contributed by atoms with Crippen LogP contribution in [0, 0.1) is 10.1 Å². The maximum absolute atomic E-state index is 12.3. The van der Waals surface area contributed by atoms with Gasteiger partial charge in [0.25, 0.3) is 17.5 Å². The number of carbonyl (C=O) groups excluding carboxylic acids is 2. The molecular formula is C15H8Cl2N2O4. The SMILES string of the molecule is O=C1c2ccccc2C(=O)N1Cc1cc(Cl)cc(Cl)c1[N+](=O)[O-]. The van der Waals surface area contributed by atoms with Crippen LogP contribution in [-0.2, 0) is 6.54 Å². The zero-order valence-electron chi connectivity index (χ0n) is 11.5. The molecule has 2 aromatic rings. The topological polar surface area (TPSA) is 80.5 Å². The highest BCUT2D eigenvalue weighted by Gasteiger charge is 2.36. The Morgan fingerprint density at radius 3 is 2.13 bits per heavy atom. The number of hydrogen-bond donors (Lipinski definition) is 0. The molecule has 1 aliphatic heterocycles. The summed E-state index contributed by atoms with van der Waals surface area (Å²) in [6.07, 6.45) is 0. The number of nitro groups is 1. The lowest BCUT2D eigenvalue weighted by Crippen LogP contribution is -2.29. The van der Waals surface area contributed by atoms with Crippen molar-refractivity contribution in [2.75, 3.05) is 0 Å². The van der Waals surface area contributed by atoms with Crippen LogP contribution in [0.25, 0.3) is 0 Å². The van der Waals surface area contributed by atoms with E-state index in [2.05, 4.69) is 0 Å². The van der Waals surface area contributed by atoms with Gasteiger partial charge in [-0.15, -0.1) is 0 Å². The van der Waals surface area contributed by atoms with Gasteiger partial charge in [-0.1, -0.05) is 35.3 Å². The summed E-state index contributed by atoms with van der Waals surface area (Å²) >= 11 is 11.7. The Hall–Kier alpha value is -2.44. The molecule has 0 spiro atoms. The van der Waals surface area contributed by atoms with E-state index in [1.54, 1.807) is 12.1 Å². The van der Waals surface area contributed by atoms with Gasteiger partial charge in [-0.25, -0.2) is 0 Å². The Morgan fingerprint density at radius 1 is 1.04 bits per heavy atom. The first-order valence-corrected chi connectivity index (χ1v) is 7.23. The number of amides is 2. The molecule has 23 heavy (non-hydrogen) atoms. The fourth-order valence-corrected chi connectivity index (χ4v) is 3.10. The van der Waals surface area contributed by atoms with Crippen molar-refractivity contribution in [1.29, 1.82) is 0 Å². The lowest BCUT2D eigenvalue weighted by Gasteiger charge is -2.14. The van der Waals surface area contributed by atoms with Gasteiger partial charge in [-0.3, -0.25) is 24.6 Å². The van der Waals surface area contributed by atoms with Gasteiger partial charge in [-0.2, -0.15) is 0 Å². The molecule has 3 rings (SSSR count). The van der Waals surface area contributed by atoms with E-state index in [0.717, 1.165) is 4.90 Å². The number of carbonyl (C=O) groups is 2. The average Bonchev–Trinajstić information content (AvgIpc) is 2.72. The van der Waals surface area contributed by atoms with Crippen molar-refractivity contribution in [3.63, 3.8) is 0 Å². The van der Waals surface area contributed by atoms with Gasteiger partial charge in [0.15, 0.2) is 0 Å². The Morgan fingerprint density at radius 2 is 1.61 bits per heavy atom. The van der Waals surface area contributed by atoms with Crippen molar-refractivity contribution in [3.8, 4) is 0 Å². The second kappa shape index (κ2) is 5.64. The molecule has 0 fully saturated rings. The third kappa shape index (κ3) is 2.56. The summed E-state index contributed by atoms with van der Waals surface area (Å²) in [5.41, 5.74) is 0.274. The Kier molecular flexibility index (Phi) is 3.79. The zero-order chi connectivity index (χ0) is 16.7. The molecule has 0 unspecified atom stereocenters. The first kappa shape index (κ1) is 15.5. The molecule has 8 heteroatoms. The van der Waals surface area contributed by atoms with Crippen LogP contribution in [0.4, 0.5) is 5.69 Å². The minimum Gasteiger partial charge on any atom is -0.270 e. The molecule has 0 aromatic heterocycles. The van der Waals surface area contributed by atoms with Crippen LogP contribution in [0.3, 0.4) is 0 Å². The van der Waals surface area contributed by atoms with Crippen LogP contribution in [0.2, 0.25) is 10.0 Å². The van der Waals surface area contributed by atoms with E-state index in [4.69, 9.17) is 23.2 Å². The number of imide groups is 1. The summed E-state index contributed by atoms with van der Waals surface area (Å²) in [7, 11) is 0. The summed E-state index contributed by atoms with van der Waals surface area (Å²) in [5, 5.41) is 11.2. The molecule has 2 aromatic carbocycles. The van der Waals surface area contributed by atoms with Gasteiger partial charge in [0.2, 0.25) is 0 Å². The highest BCUT2D eigenvalue weighted by molar-refractivity contribution is 6.36. The quantitative estimate of drug-likeness (QED) is 0.480. The van der Waals surface area contributed by atoms with Crippen molar-refractivity contribution >= 4 is 40.7 Å². The van der Waals surface area contributed by atoms with Crippen LogP contribution < -0.4 is 0 Å². The lowest BCUT2D eigenvalue weighted by atomic mass is 10.1. The van der Waals surface area contributed by atoms with Gasteiger partial charge >= 0.3 is 0 Å². The first-order valence-electron chi connectivity index (χ1n) is 6.47. The summed E-state index contributed by atoms with van der Waals surface area (Å²) < 4.78 is 0. The minimum atomic E-state index is -0.661. The summed E-state index contributed by atoms with van der Waals surface area (Å²) in [6, 6.07) is 8.94. The van der Waals surface area contributed by atoms with Gasteiger partial charge in [-0.05, 0) is 24.3 Å². The van der Waals surface area contributed by atoms with Crippen molar-refractivity contribution in [2.45, 2.75) is 6.54 Å². The number of nitrogens with zero attached hydrogens (tertiary/aromatic N) is 2. The normalized spacial score (nSPS) is 13.4. The van der Waals surface area contributed by atoms with E-state index < -0.39 is 16.7 Å². The lowest BCUT2D eigenvalue weighted by molar-refractivity contribution is -0.385. The van der Waals surface area contributed by atoms with Crippen molar-refractivity contribution in [3.05, 3.63) is 73.2 Å². The third-order valence-electron chi connectivity index (χ3n) is 3.50. The van der Waals surface area contributed by atoms with Gasteiger partial charge in [0, 0.05) is 5.02 Å². The molecule has 0 aliphatic carbocycles. The molecule has 0 bridgehead atoms. The molecule has 0 radical (unpaired) electrons. The molecular weight excluding hydrogens is 343 g/mol. The monoisotopic (exact) mass is 350 g/mol. The number of benzene rings is 2. The second-order valence-corrected chi connectivity index (χ2v) is 5.74. The van der Waals surface area contributed by atoms with Crippen molar-refractivity contribution in [2.24, 2.45) is 0 Å². The van der Waals surface area contributed by atoms with Crippen molar-refractivity contribution in [1.82, 2.24) is 4.90 Å². The van der Waals surface area contributed by atoms with E-state index >= 15 is 0 Å². The molecule has 116 valence electrons. The fraction of sp³-hybridized carbons (Fsp3) is 0.0667. The number of halogens is 2. The fourth-order valence-electron chi connectivity index (χ4n) is 2.50. The van der Waals surface area contributed by atoms with Crippen LogP contribution in [-0.4, -0.2) is 21.6 Å². The van der Waals surface area contributed by atoms with E-state index in [0.29, 0.717) is 0 Å². The van der Waals surface area contributed by atoms with Gasteiger partial charge < -0.3 is 0 Å². The molecule has 0 saturated carbocycles. The molecule has 1 aliphatic rings. The van der Waals surface area contributed by atoms with Crippen LogP contribution in [0.5, 0.6) is 0 Å². The summed E-state index contributed by atoms with van der Waals surface area (Å²) in [4.78, 5) is 36.1. The molecule has 2 amide bonds. The Balaban J connectivity index is 2.03. The molecule has 1 heterocycles. The van der Waals surface area contributed by atoms with Gasteiger partial charge in [0.05, 0.1) is 28.2 Å². The summed E-state index contributed by atoms with van der Waals surface area (Å²) in [6.45, 7) is -0.275. The first-order chi connectivity index (χ1) is 10.9. The van der Waals surface area contributed by atoms with Crippen LogP contribution in [0.15, 0.2) is 36.4 Å². The number of fused-ring (bicyclic) bond motifs is 1. The maximum Gasteiger partial charge on any atom is 0.292 e. The second-order valence-electron chi connectivity index (χ2n) is 4.89. The summed E-state index contributed by atoms with van der Waals surface area (Å²) in [5.74, 6) is -1.01. The van der Waals surface area contributed by atoms with E-state index in [1.807, 2.05) is 0 Å². The van der Waals surface area contributed by atoms with E-state index in [9.17, 15) is 19.7 Å². The standard InChI is InChI=1S/C15H8Cl2N2O4/c16-9-5-8(13(19(22)23)12(17)6-9)7-18-14(20)10-3-1-2-4-11(10)15(18)21/h1-6H,7H2. The predicted octanol–water partition coefficient (Wildman–Crippen LogP) is 3.70. The minimum absolute atomic E-state index is 0.0991. The highest BCUT2D eigenvalue weighted by atomic mass is 35.5. The largest absolute Gasteiger partial charge is 0.292 e. The number of nitro benzene ring substituents is 1. The smallest absolute Gasteiger partial charge is 0.270 e. The third-order valence-corrected chi connectivity index (χ3v) is 4.00. The van der Waals surface area contributed by atoms with Gasteiger partial charge in [0.1, 0.15) is 5.02 Å².